The highest BCUT2D eigenvalue weighted by Gasteiger charge is 2.13. The Kier molecular flexibility index (Phi) is 5.86. The summed E-state index contributed by atoms with van der Waals surface area (Å²) in [6.07, 6.45) is 0. The predicted octanol–water partition coefficient (Wildman–Crippen LogP) is 4.10. The fourth-order valence-electron chi connectivity index (χ4n) is 3.45. The minimum atomic E-state index is -0.213. The lowest BCUT2D eigenvalue weighted by Crippen LogP contribution is -2.36. The lowest BCUT2D eigenvalue weighted by molar-refractivity contribution is -0.119. The van der Waals surface area contributed by atoms with Crippen molar-refractivity contribution >= 4 is 45.1 Å². The molecule has 2 N–H and O–H groups in total. The van der Waals surface area contributed by atoms with Crippen molar-refractivity contribution in [1.29, 1.82) is 0 Å². The van der Waals surface area contributed by atoms with Gasteiger partial charge in [0.2, 0.25) is 11.8 Å². The number of hydrogen-bond donors (Lipinski definition) is 2. The molecule has 0 saturated heterocycles. The fraction of sp³-hybridized carbons (Fsp3) is 0.167. The van der Waals surface area contributed by atoms with Crippen LogP contribution in [-0.4, -0.2) is 44.0 Å². The molecule has 1 aromatic heterocycles. The molecule has 0 radical (unpaired) electrons. The maximum atomic E-state index is 12.5. The lowest BCUT2D eigenvalue weighted by atomic mass is 10.1. The van der Waals surface area contributed by atoms with Gasteiger partial charge >= 0.3 is 0 Å². The van der Waals surface area contributed by atoms with Crippen LogP contribution < -0.4 is 15.4 Å². The Labute approximate surface area is 179 Å². The smallest absolute Gasteiger partial charge is 0.238 e. The Balaban J connectivity index is 1.34. The summed E-state index contributed by atoms with van der Waals surface area (Å²) < 4.78 is 11.0. The van der Waals surface area contributed by atoms with E-state index >= 15 is 0 Å². The van der Waals surface area contributed by atoms with E-state index in [1.165, 1.54) is 0 Å². The molecule has 0 unspecified atom stereocenters. The number of nitrogens with one attached hydrogen (secondary N) is 2. The largest absolute Gasteiger partial charge is 0.497 e. The summed E-state index contributed by atoms with van der Waals surface area (Å²) in [5, 5.41) is 7.63. The zero-order chi connectivity index (χ0) is 21.8. The number of carbonyl (C=O) groups excluding carboxylic acids is 2. The van der Waals surface area contributed by atoms with Crippen LogP contribution in [0.2, 0.25) is 0 Å². The second-order valence-electron chi connectivity index (χ2n) is 7.31. The third kappa shape index (κ3) is 4.84. The number of ether oxygens (including phenoxy) is 1. The van der Waals surface area contributed by atoms with Gasteiger partial charge in [-0.1, -0.05) is 24.3 Å². The van der Waals surface area contributed by atoms with E-state index in [1.54, 1.807) is 49.4 Å². The van der Waals surface area contributed by atoms with Gasteiger partial charge in [-0.05, 0) is 43.4 Å². The van der Waals surface area contributed by atoms with Gasteiger partial charge in [-0.25, -0.2) is 0 Å². The van der Waals surface area contributed by atoms with E-state index in [9.17, 15) is 9.59 Å². The summed E-state index contributed by atoms with van der Waals surface area (Å²) in [7, 11) is 3.29. The topological polar surface area (TPSA) is 83.8 Å². The van der Waals surface area contributed by atoms with Gasteiger partial charge in [0.15, 0.2) is 0 Å². The molecule has 4 rings (SSSR count). The number of nitrogens with zero attached hydrogens (tertiary/aromatic N) is 1. The number of anilines is 2. The monoisotopic (exact) mass is 417 g/mol. The second kappa shape index (κ2) is 8.89. The third-order valence-electron chi connectivity index (χ3n) is 4.84. The Bertz CT molecular complexity index is 1250. The van der Waals surface area contributed by atoms with Gasteiger partial charge in [0.1, 0.15) is 16.9 Å². The van der Waals surface area contributed by atoms with Crippen LogP contribution >= 0.6 is 0 Å². The highest BCUT2D eigenvalue weighted by atomic mass is 16.5. The van der Waals surface area contributed by atoms with Crippen LogP contribution in [0.3, 0.4) is 0 Å². The minimum Gasteiger partial charge on any atom is -0.497 e. The zero-order valence-electron chi connectivity index (χ0n) is 17.3. The van der Waals surface area contributed by atoms with Gasteiger partial charge in [0.25, 0.3) is 0 Å². The standard InChI is InChI=1S/C24H23N3O4/c1-27(14-23(28)25-16-6-5-7-18(12-16)30-2)15-24(29)26-17-10-11-22-20(13-17)19-8-3-4-9-21(19)31-22/h3-13H,14-15H2,1-2H3,(H,25,28)(H,26,29). The van der Waals surface area contributed by atoms with E-state index in [0.717, 1.165) is 21.9 Å². The molecule has 158 valence electrons. The molecule has 2 amide bonds. The summed E-state index contributed by atoms with van der Waals surface area (Å²) in [4.78, 5) is 26.4. The molecule has 7 heteroatoms. The van der Waals surface area contributed by atoms with E-state index < -0.39 is 0 Å². The van der Waals surface area contributed by atoms with Crippen molar-refractivity contribution in [3.63, 3.8) is 0 Å². The molecule has 0 aliphatic heterocycles. The first-order chi connectivity index (χ1) is 15.0. The minimum absolute atomic E-state index is 0.0791. The first-order valence-corrected chi connectivity index (χ1v) is 9.85. The highest BCUT2D eigenvalue weighted by molar-refractivity contribution is 6.07. The summed E-state index contributed by atoms with van der Waals surface area (Å²) in [5.41, 5.74) is 2.90. The summed E-state index contributed by atoms with van der Waals surface area (Å²) in [6.45, 7) is 0.158. The molecular weight excluding hydrogens is 394 g/mol. The molecular formula is C24H23N3O4. The van der Waals surface area contributed by atoms with Crippen molar-refractivity contribution < 1.29 is 18.7 Å². The average Bonchev–Trinajstić information content (AvgIpc) is 3.11. The van der Waals surface area contributed by atoms with Crippen LogP contribution in [0.5, 0.6) is 5.75 Å². The van der Waals surface area contributed by atoms with Crippen molar-refractivity contribution in [2.45, 2.75) is 0 Å². The van der Waals surface area contributed by atoms with Gasteiger partial charge in [0, 0.05) is 28.2 Å². The molecule has 0 spiro atoms. The number of benzene rings is 3. The number of para-hydroxylation sites is 1. The Morgan fingerprint density at radius 3 is 2.26 bits per heavy atom. The number of methoxy groups -OCH3 is 1. The van der Waals surface area contributed by atoms with E-state index in [2.05, 4.69) is 10.6 Å². The van der Waals surface area contributed by atoms with Gasteiger partial charge in [-0.3, -0.25) is 14.5 Å². The number of fused-ring (bicyclic) bond motifs is 3. The zero-order valence-corrected chi connectivity index (χ0v) is 17.3. The van der Waals surface area contributed by atoms with Crippen molar-refractivity contribution in [2.24, 2.45) is 0 Å². The number of likely N-dealkylation sites (N-methyl/N-ethyl adjacent to an activating group) is 1. The maximum Gasteiger partial charge on any atom is 0.238 e. The quantitative estimate of drug-likeness (QED) is 0.473. The van der Waals surface area contributed by atoms with Crippen LogP contribution in [0.15, 0.2) is 71.1 Å². The molecule has 3 aromatic carbocycles. The maximum absolute atomic E-state index is 12.5. The van der Waals surface area contributed by atoms with Crippen LogP contribution in [0.1, 0.15) is 0 Å². The first kappa shape index (κ1) is 20.4. The predicted molar refractivity (Wildman–Crippen MR) is 121 cm³/mol. The highest BCUT2D eigenvalue weighted by Crippen LogP contribution is 2.30. The molecule has 31 heavy (non-hydrogen) atoms. The Morgan fingerprint density at radius 2 is 1.52 bits per heavy atom. The average molecular weight is 417 g/mol. The van der Waals surface area contributed by atoms with E-state index in [-0.39, 0.29) is 24.9 Å². The second-order valence-corrected chi connectivity index (χ2v) is 7.31. The van der Waals surface area contributed by atoms with Crippen molar-refractivity contribution in [3.05, 3.63) is 66.7 Å². The Hall–Kier alpha value is -3.84. The molecule has 0 fully saturated rings. The molecule has 7 nitrogen and oxygen atoms in total. The molecule has 1 heterocycles. The van der Waals surface area contributed by atoms with Gasteiger partial charge in [-0.15, -0.1) is 0 Å². The number of rotatable bonds is 7. The van der Waals surface area contributed by atoms with E-state index in [1.807, 2.05) is 36.4 Å². The van der Waals surface area contributed by atoms with Crippen molar-refractivity contribution in [3.8, 4) is 5.75 Å². The van der Waals surface area contributed by atoms with Crippen LogP contribution in [0.4, 0.5) is 11.4 Å². The first-order valence-electron chi connectivity index (χ1n) is 9.85. The number of hydrogen-bond acceptors (Lipinski definition) is 5. The van der Waals surface area contributed by atoms with Crippen LogP contribution in [0, 0.1) is 0 Å². The SMILES string of the molecule is COc1cccc(NC(=O)CN(C)CC(=O)Nc2ccc3oc4ccccc4c3c2)c1. The van der Waals surface area contributed by atoms with Gasteiger partial charge in [0.05, 0.1) is 20.2 Å². The number of carbonyl (C=O) groups is 2. The van der Waals surface area contributed by atoms with Crippen molar-refractivity contribution in [2.75, 3.05) is 37.9 Å². The normalized spacial score (nSPS) is 11.1. The molecule has 4 aromatic rings. The number of furan rings is 1. The van der Waals surface area contributed by atoms with Crippen molar-refractivity contribution in [1.82, 2.24) is 4.90 Å². The van der Waals surface area contributed by atoms with E-state index in [4.69, 9.17) is 9.15 Å². The molecule has 0 bridgehead atoms. The molecule has 0 atom stereocenters. The molecule has 0 aliphatic carbocycles. The number of amides is 2. The summed E-state index contributed by atoms with van der Waals surface area (Å²) in [5.74, 6) is 0.242. The Morgan fingerprint density at radius 1 is 0.839 bits per heavy atom. The third-order valence-corrected chi connectivity index (χ3v) is 4.84. The molecule has 0 saturated carbocycles. The van der Waals surface area contributed by atoms with Gasteiger partial charge < -0.3 is 19.8 Å². The van der Waals surface area contributed by atoms with Crippen LogP contribution in [0.25, 0.3) is 21.9 Å². The van der Waals surface area contributed by atoms with Crippen LogP contribution in [-0.2, 0) is 9.59 Å². The fourth-order valence-corrected chi connectivity index (χ4v) is 3.45. The summed E-state index contributed by atoms with van der Waals surface area (Å²) >= 11 is 0. The summed E-state index contributed by atoms with van der Waals surface area (Å²) in [6, 6.07) is 20.4. The van der Waals surface area contributed by atoms with E-state index in [0.29, 0.717) is 17.1 Å². The molecule has 0 aliphatic rings. The van der Waals surface area contributed by atoms with Gasteiger partial charge in [-0.2, -0.15) is 0 Å². The lowest BCUT2D eigenvalue weighted by Gasteiger charge is -2.16.